The van der Waals surface area contributed by atoms with E-state index >= 15 is 0 Å². The van der Waals surface area contributed by atoms with Crippen LogP contribution in [0.5, 0.6) is 0 Å². The van der Waals surface area contributed by atoms with Crippen molar-refractivity contribution in [3.05, 3.63) is 15.5 Å². The monoisotopic (exact) mass is 208 g/mol. The Bertz CT molecular complexity index is 300. The molecular weight excluding hydrogens is 203 g/mol. The van der Waals surface area contributed by atoms with Gasteiger partial charge in [-0.25, -0.2) is 0 Å². The Labute approximate surface area is 80.0 Å². The Morgan fingerprint density at radius 2 is 2.18 bits per heavy atom. The number of nitrogens with two attached hydrogens (primary N) is 1. The normalized spacial score (nSPS) is 8.45. The van der Waals surface area contributed by atoms with Crippen LogP contribution in [0, 0.1) is 18.3 Å². The van der Waals surface area contributed by atoms with Crippen molar-refractivity contribution in [2.75, 3.05) is 5.73 Å². The molecule has 60 valence electrons. The molecule has 2 nitrogen and oxygen atoms in total. The van der Waals surface area contributed by atoms with Crippen LogP contribution in [0.2, 0.25) is 5.02 Å². The molecule has 1 heterocycles. The molecule has 0 saturated heterocycles. The summed E-state index contributed by atoms with van der Waals surface area (Å²) >= 11 is 6.95. The summed E-state index contributed by atoms with van der Waals surface area (Å²) in [6.07, 6.45) is 0. The Morgan fingerprint density at radius 1 is 1.64 bits per heavy atom. The van der Waals surface area contributed by atoms with Crippen LogP contribution >= 0.6 is 35.3 Å². The SMILES string of the molecule is Cc1c(N)sc(C#N)c1Cl.Cl. The second-order valence-corrected chi connectivity index (χ2v) is 3.28. The maximum Gasteiger partial charge on any atom is 0.125 e. The van der Waals surface area contributed by atoms with Gasteiger partial charge in [-0.2, -0.15) is 5.26 Å². The van der Waals surface area contributed by atoms with Crippen molar-refractivity contribution in [2.45, 2.75) is 6.92 Å². The van der Waals surface area contributed by atoms with Crippen LogP contribution in [-0.2, 0) is 0 Å². The molecule has 0 saturated carbocycles. The van der Waals surface area contributed by atoms with E-state index in [0.29, 0.717) is 14.9 Å². The molecule has 0 fully saturated rings. The highest BCUT2D eigenvalue weighted by Crippen LogP contribution is 2.33. The summed E-state index contributed by atoms with van der Waals surface area (Å²) in [5, 5.41) is 9.59. The van der Waals surface area contributed by atoms with Gasteiger partial charge in [0.1, 0.15) is 10.9 Å². The van der Waals surface area contributed by atoms with Crippen molar-refractivity contribution in [3.63, 3.8) is 0 Å². The minimum atomic E-state index is 0. The van der Waals surface area contributed by atoms with E-state index < -0.39 is 0 Å². The molecule has 0 aliphatic carbocycles. The van der Waals surface area contributed by atoms with Gasteiger partial charge in [0, 0.05) is 5.56 Å². The van der Waals surface area contributed by atoms with Crippen molar-refractivity contribution in [2.24, 2.45) is 0 Å². The van der Waals surface area contributed by atoms with Gasteiger partial charge in [-0.05, 0) is 6.92 Å². The third kappa shape index (κ3) is 1.78. The minimum absolute atomic E-state index is 0. The van der Waals surface area contributed by atoms with Gasteiger partial charge in [0.2, 0.25) is 0 Å². The van der Waals surface area contributed by atoms with E-state index in [1.165, 1.54) is 11.3 Å². The average Bonchev–Trinajstić information content (AvgIpc) is 2.17. The van der Waals surface area contributed by atoms with Gasteiger partial charge in [-0.1, -0.05) is 11.6 Å². The lowest BCUT2D eigenvalue weighted by Crippen LogP contribution is -1.79. The summed E-state index contributed by atoms with van der Waals surface area (Å²) < 4.78 is 0. The summed E-state index contributed by atoms with van der Waals surface area (Å²) in [5.41, 5.74) is 6.31. The fourth-order valence-electron chi connectivity index (χ4n) is 0.582. The number of nitrogens with zero attached hydrogens (tertiary/aromatic N) is 1. The summed E-state index contributed by atoms with van der Waals surface area (Å²) in [4.78, 5) is 0.497. The standard InChI is InChI=1S/C6H5ClN2S.ClH/c1-3-5(7)4(2-8)10-6(3)9;/h9H2,1H3;1H. The van der Waals surface area contributed by atoms with Gasteiger partial charge >= 0.3 is 0 Å². The summed E-state index contributed by atoms with van der Waals surface area (Å²) in [6.45, 7) is 1.80. The number of halogens is 2. The largest absolute Gasteiger partial charge is 0.390 e. The lowest BCUT2D eigenvalue weighted by molar-refractivity contribution is 1.50. The summed E-state index contributed by atoms with van der Waals surface area (Å²) in [7, 11) is 0. The van der Waals surface area contributed by atoms with Crippen LogP contribution in [0.1, 0.15) is 10.4 Å². The quantitative estimate of drug-likeness (QED) is 0.713. The third-order valence-electron chi connectivity index (χ3n) is 1.21. The van der Waals surface area contributed by atoms with Crippen molar-refractivity contribution in [3.8, 4) is 6.07 Å². The third-order valence-corrected chi connectivity index (χ3v) is 2.82. The maximum atomic E-state index is 8.48. The fourth-order valence-corrected chi connectivity index (χ4v) is 1.66. The first kappa shape index (κ1) is 10.6. The molecule has 1 aromatic rings. The number of nitriles is 1. The number of rotatable bonds is 0. The molecule has 0 amide bonds. The van der Waals surface area contributed by atoms with Crippen LogP contribution in [0.3, 0.4) is 0 Å². The smallest absolute Gasteiger partial charge is 0.125 e. The van der Waals surface area contributed by atoms with E-state index in [9.17, 15) is 0 Å². The van der Waals surface area contributed by atoms with E-state index in [2.05, 4.69) is 0 Å². The number of thiophene rings is 1. The highest BCUT2D eigenvalue weighted by atomic mass is 35.5. The van der Waals surface area contributed by atoms with Crippen LogP contribution in [0.4, 0.5) is 5.00 Å². The molecule has 5 heteroatoms. The van der Waals surface area contributed by atoms with Crippen LogP contribution in [0.15, 0.2) is 0 Å². The van der Waals surface area contributed by atoms with E-state index in [4.69, 9.17) is 22.6 Å². The maximum absolute atomic E-state index is 8.48. The van der Waals surface area contributed by atoms with E-state index in [1.807, 2.05) is 6.07 Å². The van der Waals surface area contributed by atoms with Crippen molar-refractivity contribution in [1.82, 2.24) is 0 Å². The molecule has 0 unspecified atom stereocenters. The molecule has 0 aromatic carbocycles. The first-order chi connectivity index (χ1) is 4.66. The van der Waals surface area contributed by atoms with Gasteiger partial charge in [0.15, 0.2) is 0 Å². The van der Waals surface area contributed by atoms with Crippen LogP contribution in [0.25, 0.3) is 0 Å². The second-order valence-electron chi connectivity index (χ2n) is 1.85. The predicted octanol–water partition coefficient (Wildman–Crippen LogP) is 2.59. The van der Waals surface area contributed by atoms with Crippen molar-refractivity contribution < 1.29 is 0 Å². The second kappa shape index (κ2) is 3.82. The number of nitrogen functional groups attached to an aromatic ring is 1. The zero-order valence-corrected chi connectivity index (χ0v) is 8.11. The Kier molecular flexibility index (Phi) is 3.67. The Balaban J connectivity index is 0.000001000. The minimum Gasteiger partial charge on any atom is -0.390 e. The fraction of sp³-hybridized carbons (Fsp3) is 0.167. The molecule has 1 aromatic heterocycles. The molecule has 2 N–H and O–H groups in total. The molecule has 0 radical (unpaired) electrons. The van der Waals surface area contributed by atoms with Gasteiger partial charge in [0.05, 0.1) is 10.0 Å². The Morgan fingerprint density at radius 3 is 2.36 bits per heavy atom. The molecular formula is C6H6Cl2N2S. The van der Waals surface area contributed by atoms with Crippen molar-refractivity contribution in [1.29, 1.82) is 5.26 Å². The van der Waals surface area contributed by atoms with Gasteiger partial charge in [-0.3, -0.25) is 0 Å². The molecule has 0 atom stereocenters. The molecule has 0 bridgehead atoms. The topological polar surface area (TPSA) is 49.8 Å². The van der Waals surface area contributed by atoms with Crippen molar-refractivity contribution >= 4 is 40.3 Å². The van der Waals surface area contributed by atoms with E-state index in [0.717, 1.165) is 5.56 Å². The Hall–Kier alpha value is -0.430. The molecule has 0 spiro atoms. The predicted molar refractivity (Wildman–Crippen MR) is 50.4 cm³/mol. The van der Waals surface area contributed by atoms with Gasteiger partial charge in [-0.15, -0.1) is 23.7 Å². The van der Waals surface area contributed by atoms with Gasteiger partial charge in [0.25, 0.3) is 0 Å². The zero-order valence-electron chi connectivity index (χ0n) is 5.72. The summed E-state index contributed by atoms with van der Waals surface area (Å²) in [6, 6.07) is 1.96. The lowest BCUT2D eigenvalue weighted by atomic mass is 10.3. The van der Waals surface area contributed by atoms with Crippen LogP contribution < -0.4 is 5.73 Å². The number of hydrogen-bond acceptors (Lipinski definition) is 3. The first-order valence-corrected chi connectivity index (χ1v) is 3.80. The summed E-state index contributed by atoms with van der Waals surface area (Å²) in [5.74, 6) is 0. The molecule has 0 aliphatic rings. The average molecular weight is 209 g/mol. The molecule has 0 aliphatic heterocycles. The van der Waals surface area contributed by atoms with E-state index in [1.54, 1.807) is 6.92 Å². The molecule has 11 heavy (non-hydrogen) atoms. The lowest BCUT2D eigenvalue weighted by Gasteiger charge is -1.85. The first-order valence-electron chi connectivity index (χ1n) is 2.61. The zero-order chi connectivity index (χ0) is 7.72. The van der Waals surface area contributed by atoms with Crippen LogP contribution in [-0.4, -0.2) is 0 Å². The van der Waals surface area contributed by atoms with E-state index in [-0.39, 0.29) is 12.4 Å². The number of hydrogen-bond donors (Lipinski definition) is 1. The number of anilines is 1. The van der Waals surface area contributed by atoms with Gasteiger partial charge < -0.3 is 5.73 Å². The highest BCUT2D eigenvalue weighted by molar-refractivity contribution is 7.17. The highest BCUT2D eigenvalue weighted by Gasteiger charge is 2.09. The molecule has 1 rings (SSSR count).